The SMILES string of the molecule is CN(C)c1nc2ccc(F)cc2n1CC(=O)O. The van der Waals surface area contributed by atoms with Crippen LogP contribution in [0.15, 0.2) is 18.2 Å². The standard InChI is InChI=1S/C11H12FN3O2/c1-14(2)11-13-8-4-3-7(12)5-9(8)15(11)6-10(16)17/h3-5H,6H2,1-2H3,(H,16,17). The highest BCUT2D eigenvalue weighted by Crippen LogP contribution is 2.22. The Morgan fingerprint density at radius 1 is 1.53 bits per heavy atom. The topological polar surface area (TPSA) is 58.4 Å². The largest absolute Gasteiger partial charge is 0.480 e. The Labute approximate surface area is 97.1 Å². The first kappa shape index (κ1) is 11.4. The van der Waals surface area contributed by atoms with E-state index in [1.54, 1.807) is 19.0 Å². The molecule has 0 radical (unpaired) electrons. The van der Waals surface area contributed by atoms with Crippen LogP contribution in [0.3, 0.4) is 0 Å². The van der Waals surface area contributed by atoms with Gasteiger partial charge in [0.05, 0.1) is 11.0 Å². The average Bonchev–Trinajstić information content (AvgIpc) is 2.56. The van der Waals surface area contributed by atoms with Gasteiger partial charge in [-0.15, -0.1) is 0 Å². The van der Waals surface area contributed by atoms with Gasteiger partial charge in [-0.25, -0.2) is 9.37 Å². The first-order valence-electron chi connectivity index (χ1n) is 5.04. The van der Waals surface area contributed by atoms with Gasteiger partial charge in [-0.1, -0.05) is 0 Å². The number of fused-ring (bicyclic) bond motifs is 1. The molecule has 0 saturated carbocycles. The second-order valence-electron chi connectivity index (χ2n) is 3.92. The van der Waals surface area contributed by atoms with E-state index < -0.39 is 11.8 Å². The minimum Gasteiger partial charge on any atom is -0.480 e. The molecule has 0 saturated heterocycles. The first-order valence-corrected chi connectivity index (χ1v) is 5.04. The molecule has 17 heavy (non-hydrogen) atoms. The summed E-state index contributed by atoms with van der Waals surface area (Å²) in [5.41, 5.74) is 1.06. The number of benzene rings is 1. The lowest BCUT2D eigenvalue weighted by molar-refractivity contribution is -0.137. The Bertz CT molecular complexity index is 577. The van der Waals surface area contributed by atoms with Crippen molar-refractivity contribution in [2.45, 2.75) is 6.54 Å². The molecule has 0 bridgehead atoms. The summed E-state index contributed by atoms with van der Waals surface area (Å²) >= 11 is 0. The number of carboxylic acid groups (broad SMARTS) is 1. The van der Waals surface area contributed by atoms with Crippen molar-refractivity contribution in [2.24, 2.45) is 0 Å². The van der Waals surface area contributed by atoms with E-state index in [9.17, 15) is 9.18 Å². The molecular formula is C11H12FN3O2. The van der Waals surface area contributed by atoms with E-state index in [-0.39, 0.29) is 6.54 Å². The summed E-state index contributed by atoms with van der Waals surface area (Å²) in [5.74, 6) is -0.904. The Morgan fingerprint density at radius 3 is 2.82 bits per heavy atom. The predicted molar refractivity (Wildman–Crippen MR) is 61.7 cm³/mol. The lowest BCUT2D eigenvalue weighted by Gasteiger charge is -2.13. The predicted octanol–water partition coefficient (Wildman–Crippen LogP) is 1.33. The van der Waals surface area contributed by atoms with Crippen molar-refractivity contribution >= 4 is 23.0 Å². The number of nitrogens with zero attached hydrogens (tertiary/aromatic N) is 3. The number of imidazole rings is 1. The zero-order valence-corrected chi connectivity index (χ0v) is 9.51. The number of aliphatic carboxylic acids is 1. The van der Waals surface area contributed by atoms with E-state index in [0.29, 0.717) is 17.0 Å². The summed E-state index contributed by atoms with van der Waals surface area (Å²) < 4.78 is 14.6. The molecule has 0 fully saturated rings. The Balaban J connectivity index is 2.68. The van der Waals surface area contributed by atoms with Gasteiger partial charge in [-0.05, 0) is 18.2 Å². The van der Waals surface area contributed by atoms with E-state index in [1.165, 1.54) is 22.8 Å². The molecule has 1 aromatic heterocycles. The summed E-state index contributed by atoms with van der Waals surface area (Å²) in [5, 5.41) is 8.86. The van der Waals surface area contributed by atoms with Gasteiger partial charge in [0, 0.05) is 14.1 Å². The molecule has 0 aliphatic rings. The highest BCUT2D eigenvalue weighted by atomic mass is 19.1. The van der Waals surface area contributed by atoms with Crippen LogP contribution < -0.4 is 4.90 Å². The minimum absolute atomic E-state index is 0.243. The van der Waals surface area contributed by atoms with Crippen LogP contribution in [-0.2, 0) is 11.3 Å². The van der Waals surface area contributed by atoms with Crippen LogP contribution in [-0.4, -0.2) is 34.7 Å². The molecule has 0 spiro atoms. The van der Waals surface area contributed by atoms with Crippen LogP contribution in [0.2, 0.25) is 0 Å². The summed E-state index contributed by atoms with van der Waals surface area (Å²) in [6.07, 6.45) is 0. The quantitative estimate of drug-likeness (QED) is 0.874. The monoisotopic (exact) mass is 237 g/mol. The molecule has 0 atom stereocenters. The number of halogens is 1. The number of anilines is 1. The van der Waals surface area contributed by atoms with Crippen LogP contribution >= 0.6 is 0 Å². The Hall–Kier alpha value is -2.11. The van der Waals surface area contributed by atoms with Crippen molar-refractivity contribution in [1.82, 2.24) is 9.55 Å². The maximum absolute atomic E-state index is 13.2. The summed E-state index contributed by atoms with van der Waals surface area (Å²) in [4.78, 5) is 16.8. The normalized spacial score (nSPS) is 10.8. The molecule has 0 aliphatic heterocycles. The van der Waals surface area contributed by atoms with Crippen molar-refractivity contribution in [3.63, 3.8) is 0 Å². The second-order valence-corrected chi connectivity index (χ2v) is 3.92. The third kappa shape index (κ3) is 2.06. The molecule has 5 nitrogen and oxygen atoms in total. The van der Waals surface area contributed by atoms with Crippen molar-refractivity contribution in [2.75, 3.05) is 19.0 Å². The van der Waals surface area contributed by atoms with Crippen molar-refractivity contribution in [1.29, 1.82) is 0 Å². The molecular weight excluding hydrogens is 225 g/mol. The molecule has 1 heterocycles. The van der Waals surface area contributed by atoms with Gasteiger partial charge in [0.1, 0.15) is 12.4 Å². The zero-order valence-electron chi connectivity index (χ0n) is 9.51. The second kappa shape index (κ2) is 4.04. The van der Waals surface area contributed by atoms with Gasteiger partial charge >= 0.3 is 5.97 Å². The third-order valence-electron chi connectivity index (χ3n) is 2.38. The summed E-state index contributed by atoms with van der Waals surface area (Å²) in [6, 6.07) is 4.13. The van der Waals surface area contributed by atoms with E-state index in [1.807, 2.05) is 0 Å². The number of carboxylic acids is 1. The minimum atomic E-state index is -0.989. The van der Waals surface area contributed by atoms with Crippen LogP contribution in [0.4, 0.5) is 10.3 Å². The maximum Gasteiger partial charge on any atom is 0.323 e. The van der Waals surface area contributed by atoms with Gasteiger partial charge in [-0.2, -0.15) is 0 Å². The van der Waals surface area contributed by atoms with E-state index in [2.05, 4.69) is 4.98 Å². The molecule has 1 N–H and O–H groups in total. The summed E-state index contributed by atoms with van der Waals surface area (Å²) in [7, 11) is 3.52. The van der Waals surface area contributed by atoms with Gasteiger partial charge in [0.2, 0.25) is 5.95 Å². The number of aromatic nitrogens is 2. The van der Waals surface area contributed by atoms with Gasteiger partial charge in [0.15, 0.2) is 0 Å². The number of hydrogen-bond donors (Lipinski definition) is 1. The fraction of sp³-hybridized carbons (Fsp3) is 0.273. The maximum atomic E-state index is 13.2. The van der Waals surface area contributed by atoms with Crippen LogP contribution in [0.25, 0.3) is 11.0 Å². The fourth-order valence-corrected chi connectivity index (χ4v) is 1.72. The molecule has 2 aromatic rings. The highest BCUT2D eigenvalue weighted by Gasteiger charge is 2.14. The van der Waals surface area contributed by atoms with Crippen molar-refractivity contribution < 1.29 is 14.3 Å². The molecule has 2 rings (SSSR count). The Kier molecular flexibility index (Phi) is 2.71. The number of hydrogen-bond acceptors (Lipinski definition) is 3. The average molecular weight is 237 g/mol. The Morgan fingerprint density at radius 2 is 2.24 bits per heavy atom. The third-order valence-corrected chi connectivity index (χ3v) is 2.38. The van der Waals surface area contributed by atoms with Crippen molar-refractivity contribution in [3.05, 3.63) is 24.0 Å². The smallest absolute Gasteiger partial charge is 0.323 e. The summed E-state index contributed by atoms with van der Waals surface area (Å²) in [6.45, 7) is -0.243. The van der Waals surface area contributed by atoms with Crippen LogP contribution in [0.1, 0.15) is 0 Å². The zero-order chi connectivity index (χ0) is 12.6. The van der Waals surface area contributed by atoms with Crippen LogP contribution in [0, 0.1) is 5.82 Å². The molecule has 0 unspecified atom stereocenters. The fourth-order valence-electron chi connectivity index (χ4n) is 1.72. The van der Waals surface area contributed by atoms with E-state index in [0.717, 1.165) is 0 Å². The lowest BCUT2D eigenvalue weighted by Crippen LogP contribution is -2.18. The number of rotatable bonds is 3. The van der Waals surface area contributed by atoms with E-state index >= 15 is 0 Å². The lowest BCUT2D eigenvalue weighted by atomic mass is 10.3. The highest BCUT2D eigenvalue weighted by molar-refractivity contribution is 5.81. The van der Waals surface area contributed by atoms with Crippen molar-refractivity contribution in [3.8, 4) is 0 Å². The molecule has 1 aromatic carbocycles. The molecule has 6 heteroatoms. The van der Waals surface area contributed by atoms with Gasteiger partial charge in [0.25, 0.3) is 0 Å². The van der Waals surface area contributed by atoms with E-state index in [4.69, 9.17) is 5.11 Å². The first-order chi connectivity index (χ1) is 7.99. The number of carbonyl (C=O) groups is 1. The molecule has 0 aliphatic carbocycles. The van der Waals surface area contributed by atoms with Gasteiger partial charge < -0.3 is 10.0 Å². The van der Waals surface area contributed by atoms with Gasteiger partial charge in [-0.3, -0.25) is 9.36 Å². The van der Waals surface area contributed by atoms with Crippen LogP contribution in [0.5, 0.6) is 0 Å². The molecule has 0 amide bonds. The molecule has 90 valence electrons.